The van der Waals surface area contributed by atoms with Crippen molar-refractivity contribution in [3.8, 4) is 5.75 Å². The molecule has 0 aliphatic carbocycles. The van der Waals surface area contributed by atoms with Crippen molar-refractivity contribution in [1.29, 1.82) is 0 Å². The Balaban J connectivity index is 0.00000484. The van der Waals surface area contributed by atoms with Crippen molar-refractivity contribution in [2.24, 2.45) is 10.7 Å². The minimum Gasteiger partial charge on any atom is -0.484 e. The second kappa shape index (κ2) is 11.1. The van der Waals surface area contributed by atoms with Crippen LogP contribution in [0.2, 0.25) is 0 Å². The lowest BCUT2D eigenvalue weighted by Gasteiger charge is -2.19. The van der Waals surface area contributed by atoms with Gasteiger partial charge in [0.1, 0.15) is 5.75 Å². The van der Waals surface area contributed by atoms with Gasteiger partial charge in [0, 0.05) is 27.2 Å². The Morgan fingerprint density at radius 1 is 1.26 bits per heavy atom. The number of nitrogens with two attached hydrogens (primary N) is 1. The van der Waals surface area contributed by atoms with E-state index in [9.17, 15) is 4.79 Å². The predicted molar refractivity (Wildman–Crippen MR) is 104 cm³/mol. The number of benzene rings is 1. The number of amides is 1. The highest BCUT2D eigenvalue weighted by Gasteiger charge is 2.06. The Bertz CT molecular complexity index is 517. The molecule has 0 fully saturated rings. The van der Waals surface area contributed by atoms with Crippen LogP contribution in [0, 0.1) is 0 Å². The number of aliphatic imine (C=N–C) groups is 1. The maximum Gasteiger partial charge on any atom is 0.259 e. The molecule has 0 heterocycles. The number of hydrogen-bond acceptors (Lipinski definition) is 3. The van der Waals surface area contributed by atoms with Crippen molar-refractivity contribution >= 4 is 35.8 Å². The Kier molecular flexibility index (Phi) is 10.4. The highest BCUT2D eigenvalue weighted by atomic mass is 127. The summed E-state index contributed by atoms with van der Waals surface area (Å²) in [6, 6.07) is 7.54. The average molecular weight is 434 g/mol. The molecule has 130 valence electrons. The predicted octanol–water partition coefficient (Wildman–Crippen LogP) is 1.93. The van der Waals surface area contributed by atoms with Gasteiger partial charge in [-0.2, -0.15) is 0 Å². The fourth-order valence-electron chi connectivity index (χ4n) is 1.83. The Morgan fingerprint density at radius 2 is 1.91 bits per heavy atom. The monoisotopic (exact) mass is 434 g/mol. The second-order valence-electron chi connectivity index (χ2n) is 5.07. The smallest absolute Gasteiger partial charge is 0.259 e. The summed E-state index contributed by atoms with van der Waals surface area (Å²) in [5.41, 5.74) is 6.94. The first-order valence-corrected chi connectivity index (χ1v) is 7.44. The van der Waals surface area contributed by atoms with E-state index < -0.39 is 0 Å². The highest BCUT2D eigenvalue weighted by Crippen LogP contribution is 2.14. The van der Waals surface area contributed by atoms with E-state index >= 15 is 0 Å². The standard InChI is InChI=1S/C16H26N4O2.HI/c1-5-20(6-2)16(17)18-11-13-8-7-9-14(10-13)22-12-15(21)19(3)4;/h7-10H,5-6,11-12H2,1-4H3,(H2,17,18);1H. The van der Waals surface area contributed by atoms with Crippen LogP contribution in [-0.2, 0) is 11.3 Å². The fourth-order valence-corrected chi connectivity index (χ4v) is 1.83. The summed E-state index contributed by atoms with van der Waals surface area (Å²) in [6.45, 7) is 6.27. The SMILES string of the molecule is CCN(CC)C(N)=NCc1cccc(OCC(=O)N(C)C)c1.I. The molecule has 0 aliphatic heterocycles. The van der Waals surface area contributed by atoms with Gasteiger partial charge in [-0.25, -0.2) is 4.99 Å². The number of nitrogens with zero attached hydrogens (tertiary/aromatic N) is 3. The van der Waals surface area contributed by atoms with Gasteiger partial charge in [-0.05, 0) is 31.5 Å². The third-order valence-corrected chi connectivity index (χ3v) is 3.27. The molecule has 0 saturated heterocycles. The summed E-state index contributed by atoms with van der Waals surface area (Å²) in [5.74, 6) is 1.12. The van der Waals surface area contributed by atoms with E-state index in [-0.39, 0.29) is 36.5 Å². The van der Waals surface area contributed by atoms with E-state index in [0.717, 1.165) is 18.7 Å². The summed E-state index contributed by atoms with van der Waals surface area (Å²) in [5, 5.41) is 0. The molecule has 1 amide bonds. The van der Waals surface area contributed by atoms with Crippen molar-refractivity contribution in [2.45, 2.75) is 20.4 Å². The van der Waals surface area contributed by atoms with Gasteiger partial charge in [-0.1, -0.05) is 12.1 Å². The molecule has 0 spiro atoms. The van der Waals surface area contributed by atoms with E-state index in [1.54, 1.807) is 14.1 Å². The van der Waals surface area contributed by atoms with Gasteiger partial charge in [-0.15, -0.1) is 24.0 Å². The summed E-state index contributed by atoms with van der Waals surface area (Å²) in [7, 11) is 3.40. The van der Waals surface area contributed by atoms with Crippen molar-refractivity contribution in [2.75, 3.05) is 33.8 Å². The van der Waals surface area contributed by atoms with E-state index in [4.69, 9.17) is 10.5 Å². The van der Waals surface area contributed by atoms with Crippen LogP contribution in [0.4, 0.5) is 0 Å². The van der Waals surface area contributed by atoms with Crippen molar-refractivity contribution in [3.63, 3.8) is 0 Å². The van der Waals surface area contributed by atoms with E-state index in [1.807, 2.05) is 43.0 Å². The van der Waals surface area contributed by atoms with Crippen LogP contribution < -0.4 is 10.5 Å². The number of hydrogen-bond donors (Lipinski definition) is 1. The molecule has 6 nitrogen and oxygen atoms in total. The minimum absolute atomic E-state index is 0. The van der Waals surface area contributed by atoms with Gasteiger partial charge >= 0.3 is 0 Å². The average Bonchev–Trinajstić information content (AvgIpc) is 2.52. The number of halogens is 1. The zero-order valence-electron chi connectivity index (χ0n) is 14.3. The normalized spacial score (nSPS) is 10.7. The first-order valence-electron chi connectivity index (χ1n) is 7.44. The second-order valence-corrected chi connectivity index (χ2v) is 5.07. The fraction of sp³-hybridized carbons (Fsp3) is 0.500. The maximum absolute atomic E-state index is 11.5. The molecule has 7 heteroatoms. The molecular formula is C16H27IN4O2. The van der Waals surface area contributed by atoms with E-state index in [2.05, 4.69) is 4.99 Å². The molecule has 1 aromatic carbocycles. The quantitative estimate of drug-likeness (QED) is 0.405. The van der Waals surface area contributed by atoms with E-state index in [1.165, 1.54) is 4.90 Å². The molecule has 1 rings (SSSR count). The maximum atomic E-state index is 11.5. The van der Waals surface area contributed by atoms with Crippen LogP contribution in [0.25, 0.3) is 0 Å². The molecule has 0 radical (unpaired) electrons. The summed E-state index contributed by atoms with van der Waals surface area (Å²) < 4.78 is 5.49. The van der Waals surface area contributed by atoms with Gasteiger partial charge in [0.05, 0.1) is 6.54 Å². The first-order chi connectivity index (χ1) is 10.5. The largest absolute Gasteiger partial charge is 0.484 e. The summed E-state index contributed by atoms with van der Waals surface area (Å²) in [4.78, 5) is 19.4. The Morgan fingerprint density at radius 3 is 2.48 bits per heavy atom. The van der Waals surface area contributed by atoms with Gasteiger partial charge in [-0.3, -0.25) is 4.79 Å². The lowest BCUT2D eigenvalue weighted by molar-refractivity contribution is -0.130. The third kappa shape index (κ3) is 7.54. The molecule has 0 atom stereocenters. The Hall–Kier alpha value is -1.51. The highest BCUT2D eigenvalue weighted by molar-refractivity contribution is 14.0. The lowest BCUT2D eigenvalue weighted by Crippen LogP contribution is -2.37. The van der Waals surface area contributed by atoms with Crippen LogP contribution in [-0.4, -0.2) is 55.5 Å². The van der Waals surface area contributed by atoms with Crippen molar-refractivity contribution in [3.05, 3.63) is 29.8 Å². The van der Waals surface area contributed by atoms with Gasteiger partial charge in [0.25, 0.3) is 5.91 Å². The molecular weight excluding hydrogens is 407 g/mol. The molecule has 0 unspecified atom stereocenters. The van der Waals surface area contributed by atoms with Crippen LogP contribution in [0.5, 0.6) is 5.75 Å². The first kappa shape index (κ1) is 21.5. The van der Waals surface area contributed by atoms with Gasteiger partial charge < -0.3 is 20.3 Å². The topological polar surface area (TPSA) is 71.2 Å². The van der Waals surface area contributed by atoms with Crippen LogP contribution in [0.1, 0.15) is 19.4 Å². The number of guanidine groups is 1. The minimum atomic E-state index is -0.0748. The van der Waals surface area contributed by atoms with Crippen molar-refractivity contribution in [1.82, 2.24) is 9.80 Å². The summed E-state index contributed by atoms with van der Waals surface area (Å²) in [6.07, 6.45) is 0. The van der Waals surface area contributed by atoms with E-state index in [0.29, 0.717) is 18.3 Å². The van der Waals surface area contributed by atoms with Crippen LogP contribution in [0.15, 0.2) is 29.3 Å². The number of carbonyl (C=O) groups excluding carboxylic acids is 1. The molecule has 0 bridgehead atoms. The molecule has 2 N–H and O–H groups in total. The van der Waals surface area contributed by atoms with Crippen LogP contribution in [0.3, 0.4) is 0 Å². The number of carbonyl (C=O) groups is 1. The molecule has 0 aliphatic rings. The lowest BCUT2D eigenvalue weighted by atomic mass is 10.2. The van der Waals surface area contributed by atoms with Gasteiger partial charge in [0.15, 0.2) is 12.6 Å². The third-order valence-electron chi connectivity index (χ3n) is 3.27. The molecule has 1 aromatic rings. The molecule has 0 aromatic heterocycles. The number of likely N-dealkylation sites (N-methyl/N-ethyl adjacent to an activating group) is 1. The van der Waals surface area contributed by atoms with Crippen LogP contribution >= 0.6 is 24.0 Å². The number of rotatable bonds is 7. The Labute approximate surface area is 155 Å². The molecule has 0 saturated carbocycles. The number of ether oxygens (including phenoxy) is 1. The molecule has 23 heavy (non-hydrogen) atoms. The zero-order chi connectivity index (χ0) is 16.5. The van der Waals surface area contributed by atoms with Gasteiger partial charge in [0.2, 0.25) is 0 Å². The summed E-state index contributed by atoms with van der Waals surface area (Å²) >= 11 is 0. The zero-order valence-corrected chi connectivity index (χ0v) is 16.6. The van der Waals surface area contributed by atoms with Crippen molar-refractivity contribution < 1.29 is 9.53 Å².